The first-order chi connectivity index (χ1) is 6.31. The lowest BCUT2D eigenvalue weighted by atomic mass is 10.1. The monoisotopic (exact) mass is 178 g/mol. The molecule has 0 fully saturated rings. The van der Waals surface area contributed by atoms with Crippen LogP contribution in [0.1, 0.15) is 16.1 Å². The van der Waals surface area contributed by atoms with Gasteiger partial charge in [-0.15, -0.1) is 0 Å². The lowest BCUT2D eigenvalue weighted by Crippen LogP contribution is -2.32. The molecule has 0 aromatic carbocycles. The largest absolute Gasteiger partial charge is 0.495 e. The molecule has 0 spiro atoms. The summed E-state index contributed by atoms with van der Waals surface area (Å²) >= 11 is 0. The summed E-state index contributed by atoms with van der Waals surface area (Å²) in [7, 11) is 1.59. The molecular formula is C9H10N2O2. The van der Waals surface area contributed by atoms with Crippen molar-refractivity contribution in [2.45, 2.75) is 6.42 Å². The molecule has 0 saturated heterocycles. The number of hydrogen-bond acceptors (Lipinski definition) is 3. The van der Waals surface area contributed by atoms with Crippen LogP contribution in [-0.2, 0) is 6.42 Å². The van der Waals surface area contributed by atoms with Crippen molar-refractivity contribution >= 4 is 5.91 Å². The van der Waals surface area contributed by atoms with Crippen LogP contribution in [-0.4, -0.2) is 24.5 Å². The zero-order valence-corrected chi connectivity index (χ0v) is 7.33. The first-order valence-corrected chi connectivity index (χ1v) is 4.12. The average molecular weight is 178 g/mol. The van der Waals surface area contributed by atoms with Gasteiger partial charge in [0.1, 0.15) is 11.4 Å². The number of nitrogens with zero attached hydrogens (tertiary/aromatic N) is 1. The van der Waals surface area contributed by atoms with Crippen molar-refractivity contribution < 1.29 is 9.53 Å². The van der Waals surface area contributed by atoms with Crippen molar-refractivity contribution in [2.75, 3.05) is 13.7 Å². The minimum Gasteiger partial charge on any atom is -0.495 e. The Balaban J connectivity index is 2.45. The maximum Gasteiger partial charge on any atom is 0.270 e. The normalized spacial score (nSPS) is 14.7. The van der Waals surface area contributed by atoms with Crippen LogP contribution in [0.25, 0.3) is 0 Å². The number of pyridine rings is 1. The summed E-state index contributed by atoms with van der Waals surface area (Å²) in [6.45, 7) is 0.681. The predicted molar refractivity (Wildman–Crippen MR) is 46.8 cm³/mol. The number of nitrogens with one attached hydrogen (secondary N) is 1. The van der Waals surface area contributed by atoms with Crippen LogP contribution in [0.2, 0.25) is 0 Å². The van der Waals surface area contributed by atoms with E-state index >= 15 is 0 Å². The van der Waals surface area contributed by atoms with Gasteiger partial charge in [-0.1, -0.05) is 0 Å². The number of methoxy groups -OCH3 is 1. The van der Waals surface area contributed by atoms with Crippen LogP contribution in [0.15, 0.2) is 12.3 Å². The summed E-state index contributed by atoms with van der Waals surface area (Å²) in [5.41, 5.74) is 1.48. The molecule has 2 rings (SSSR count). The molecule has 1 aliphatic rings. The van der Waals surface area contributed by atoms with Gasteiger partial charge in [0, 0.05) is 6.54 Å². The maximum atomic E-state index is 11.3. The lowest BCUT2D eigenvalue weighted by molar-refractivity contribution is 0.0940. The minimum absolute atomic E-state index is 0.0936. The number of rotatable bonds is 1. The Morgan fingerprint density at radius 3 is 3.23 bits per heavy atom. The van der Waals surface area contributed by atoms with Crippen molar-refractivity contribution in [3.63, 3.8) is 0 Å². The SMILES string of the molecule is COc1cnc2c(c1)CCNC2=O. The van der Waals surface area contributed by atoms with E-state index in [0.29, 0.717) is 18.0 Å². The highest BCUT2D eigenvalue weighted by Crippen LogP contribution is 2.17. The Labute approximate surface area is 75.9 Å². The van der Waals surface area contributed by atoms with Crippen LogP contribution in [0.4, 0.5) is 0 Å². The van der Waals surface area contributed by atoms with E-state index < -0.39 is 0 Å². The fraction of sp³-hybridized carbons (Fsp3) is 0.333. The zero-order chi connectivity index (χ0) is 9.26. The summed E-state index contributed by atoms with van der Waals surface area (Å²) in [4.78, 5) is 15.3. The van der Waals surface area contributed by atoms with E-state index in [1.807, 2.05) is 6.07 Å². The number of carbonyl (C=O) groups is 1. The molecular weight excluding hydrogens is 168 g/mol. The fourth-order valence-electron chi connectivity index (χ4n) is 1.39. The van der Waals surface area contributed by atoms with Crippen molar-refractivity contribution in [1.82, 2.24) is 10.3 Å². The van der Waals surface area contributed by atoms with E-state index in [9.17, 15) is 4.79 Å². The van der Waals surface area contributed by atoms with Gasteiger partial charge in [0.15, 0.2) is 0 Å². The van der Waals surface area contributed by atoms with Gasteiger partial charge >= 0.3 is 0 Å². The number of fused-ring (bicyclic) bond motifs is 1. The molecule has 2 heterocycles. The van der Waals surface area contributed by atoms with Crippen molar-refractivity contribution in [3.8, 4) is 5.75 Å². The first-order valence-electron chi connectivity index (χ1n) is 4.12. The topological polar surface area (TPSA) is 51.2 Å². The highest BCUT2D eigenvalue weighted by molar-refractivity contribution is 5.94. The second-order valence-electron chi connectivity index (χ2n) is 2.89. The molecule has 1 N–H and O–H groups in total. The molecule has 13 heavy (non-hydrogen) atoms. The number of ether oxygens (including phenoxy) is 1. The van der Waals surface area contributed by atoms with Crippen LogP contribution < -0.4 is 10.1 Å². The fourth-order valence-corrected chi connectivity index (χ4v) is 1.39. The van der Waals surface area contributed by atoms with E-state index in [2.05, 4.69) is 10.3 Å². The van der Waals surface area contributed by atoms with E-state index in [0.717, 1.165) is 12.0 Å². The number of aromatic nitrogens is 1. The Kier molecular flexibility index (Phi) is 1.88. The maximum absolute atomic E-state index is 11.3. The van der Waals surface area contributed by atoms with Gasteiger partial charge in [0.05, 0.1) is 13.3 Å². The smallest absolute Gasteiger partial charge is 0.270 e. The molecule has 68 valence electrons. The van der Waals surface area contributed by atoms with Gasteiger partial charge in [-0.25, -0.2) is 4.98 Å². The van der Waals surface area contributed by atoms with Crippen molar-refractivity contribution in [1.29, 1.82) is 0 Å². The second kappa shape index (κ2) is 3.05. The Hall–Kier alpha value is -1.58. The molecule has 0 atom stereocenters. The van der Waals surface area contributed by atoms with Crippen molar-refractivity contribution in [2.24, 2.45) is 0 Å². The van der Waals surface area contributed by atoms with Gasteiger partial charge in [0.25, 0.3) is 5.91 Å². The molecule has 0 saturated carbocycles. The zero-order valence-electron chi connectivity index (χ0n) is 7.33. The lowest BCUT2D eigenvalue weighted by Gasteiger charge is -2.15. The summed E-state index contributed by atoms with van der Waals surface area (Å²) in [5.74, 6) is 0.609. The number of carbonyl (C=O) groups excluding carboxylic acids is 1. The minimum atomic E-state index is -0.0936. The summed E-state index contributed by atoms with van der Waals surface area (Å²) in [6, 6.07) is 1.86. The Morgan fingerprint density at radius 2 is 2.46 bits per heavy atom. The predicted octanol–water partition coefficient (Wildman–Crippen LogP) is 0.376. The second-order valence-corrected chi connectivity index (χ2v) is 2.89. The molecule has 0 radical (unpaired) electrons. The third-order valence-electron chi connectivity index (χ3n) is 2.07. The quantitative estimate of drug-likeness (QED) is 0.676. The third kappa shape index (κ3) is 1.35. The van der Waals surface area contributed by atoms with Gasteiger partial charge in [-0.2, -0.15) is 0 Å². The molecule has 4 nitrogen and oxygen atoms in total. The highest BCUT2D eigenvalue weighted by Gasteiger charge is 2.17. The molecule has 4 heteroatoms. The summed E-state index contributed by atoms with van der Waals surface area (Å²) in [5, 5.41) is 2.73. The van der Waals surface area contributed by atoms with Crippen LogP contribution >= 0.6 is 0 Å². The summed E-state index contributed by atoms with van der Waals surface area (Å²) in [6.07, 6.45) is 2.38. The number of hydrogen-bond donors (Lipinski definition) is 1. The number of amides is 1. The standard InChI is InChI=1S/C9H10N2O2/c1-13-7-4-6-2-3-10-9(12)8(6)11-5-7/h4-5H,2-3H2,1H3,(H,10,12). The van der Waals surface area contributed by atoms with Gasteiger partial charge < -0.3 is 10.1 Å². The molecule has 1 amide bonds. The molecule has 1 aromatic heterocycles. The van der Waals surface area contributed by atoms with E-state index in [1.54, 1.807) is 13.3 Å². The van der Waals surface area contributed by atoms with Gasteiger partial charge in [0.2, 0.25) is 0 Å². The molecule has 0 unspecified atom stereocenters. The molecule has 0 bridgehead atoms. The van der Waals surface area contributed by atoms with Crippen molar-refractivity contribution in [3.05, 3.63) is 23.5 Å². The van der Waals surface area contributed by atoms with Gasteiger partial charge in [-0.05, 0) is 18.1 Å². The van der Waals surface area contributed by atoms with Crippen LogP contribution in [0.5, 0.6) is 5.75 Å². The van der Waals surface area contributed by atoms with E-state index in [1.165, 1.54) is 0 Å². The molecule has 1 aromatic rings. The van der Waals surface area contributed by atoms with Crippen LogP contribution in [0.3, 0.4) is 0 Å². The Morgan fingerprint density at radius 1 is 1.62 bits per heavy atom. The third-order valence-corrected chi connectivity index (χ3v) is 2.07. The highest BCUT2D eigenvalue weighted by atomic mass is 16.5. The van der Waals surface area contributed by atoms with E-state index in [4.69, 9.17) is 4.74 Å². The summed E-state index contributed by atoms with van der Waals surface area (Å²) < 4.78 is 5.02. The van der Waals surface area contributed by atoms with Crippen LogP contribution in [0, 0.1) is 0 Å². The average Bonchev–Trinajstić information content (AvgIpc) is 2.18. The van der Waals surface area contributed by atoms with E-state index in [-0.39, 0.29) is 5.91 Å². The van der Waals surface area contributed by atoms with Gasteiger partial charge in [-0.3, -0.25) is 4.79 Å². The molecule has 0 aliphatic carbocycles. The first kappa shape index (κ1) is 8.04. The molecule has 1 aliphatic heterocycles. The Bertz CT molecular complexity index is 349.